The van der Waals surface area contributed by atoms with Crippen LogP contribution in [0.1, 0.15) is 40.1 Å². The molecular weight excluding hydrogens is 408 g/mol. The first-order valence-corrected chi connectivity index (χ1v) is 10.6. The normalized spacial score (nSPS) is 13.5. The number of anilines is 1. The second kappa shape index (κ2) is 9.55. The molecule has 0 atom stereocenters. The van der Waals surface area contributed by atoms with Gasteiger partial charge in [-0.1, -0.05) is 18.2 Å². The number of amides is 2. The third kappa shape index (κ3) is 4.44. The van der Waals surface area contributed by atoms with Gasteiger partial charge in [0.25, 0.3) is 11.8 Å². The summed E-state index contributed by atoms with van der Waals surface area (Å²) >= 11 is 0. The van der Waals surface area contributed by atoms with Crippen LogP contribution in [0.25, 0.3) is 5.69 Å². The molecular formula is C24H26N4O4. The Morgan fingerprint density at radius 2 is 1.62 bits per heavy atom. The lowest BCUT2D eigenvalue weighted by Gasteiger charge is -2.28. The minimum absolute atomic E-state index is 0.143. The summed E-state index contributed by atoms with van der Waals surface area (Å²) in [5.74, 6) is 0.294. The summed E-state index contributed by atoms with van der Waals surface area (Å²) in [4.78, 5) is 28.0. The maximum atomic E-state index is 13.3. The van der Waals surface area contributed by atoms with E-state index < -0.39 is 5.91 Å². The zero-order chi connectivity index (χ0) is 22.5. The van der Waals surface area contributed by atoms with Crippen LogP contribution in [0, 0.1) is 0 Å². The summed E-state index contributed by atoms with van der Waals surface area (Å²) < 4.78 is 12.4. The lowest BCUT2D eigenvalue weighted by molar-refractivity contribution is 0.0725. The smallest absolute Gasteiger partial charge is 0.276 e. The highest BCUT2D eigenvalue weighted by Crippen LogP contribution is 2.34. The fraction of sp³-hybridized carbons (Fsp3) is 0.292. The van der Waals surface area contributed by atoms with Crippen molar-refractivity contribution in [3.63, 3.8) is 0 Å². The van der Waals surface area contributed by atoms with Crippen LogP contribution in [0.4, 0.5) is 5.69 Å². The van der Waals surface area contributed by atoms with E-state index in [4.69, 9.17) is 9.47 Å². The molecule has 1 aromatic heterocycles. The predicted octanol–water partition coefficient (Wildman–Crippen LogP) is 3.77. The van der Waals surface area contributed by atoms with Crippen molar-refractivity contribution in [3.05, 3.63) is 66.0 Å². The Hall–Kier alpha value is -3.81. The van der Waals surface area contributed by atoms with E-state index in [2.05, 4.69) is 10.4 Å². The Bertz CT molecular complexity index is 1100. The van der Waals surface area contributed by atoms with Crippen molar-refractivity contribution in [1.82, 2.24) is 14.7 Å². The molecule has 0 radical (unpaired) electrons. The van der Waals surface area contributed by atoms with Crippen molar-refractivity contribution >= 4 is 17.5 Å². The van der Waals surface area contributed by atoms with Gasteiger partial charge in [-0.2, -0.15) is 5.10 Å². The maximum Gasteiger partial charge on any atom is 0.276 e. The predicted molar refractivity (Wildman–Crippen MR) is 121 cm³/mol. The lowest BCUT2D eigenvalue weighted by atomic mass is 10.1. The molecule has 1 aliphatic heterocycles. The molecule has 2 aromatic carbocycles. The van der Waals surface area contributed by atoms with E-state index in [1.165, 1.54) is 14.2 Å². The number of carbonyl (C=O) groups excluding carboxylic acids is 2. The first-order valence-electron chi connectivity index (χ1n) is 10.6. The molecule has 1 N–H and O–H groups in total. The van der Waals surface area contributed by atoms with Crippen LogP contribution in [0.5, 0.6) is 11.5 Å². The number of ether oxygens (including phenoxy) is 2. The summed E-state index contributed by atoms with van der Waals surface area (Å²) in [5, 5.41) is 7.21. The highest BCUT2D eigenvalue weighted by atomic mass is 16.5. The molecule has 2 amide bonds. The van der Waals surface area contributed by atoms with Crippen molar-refractivity contribution < 1.29 is 19.1 Å². The van der Waals surface area contributed by atoms with Gasteiger partial charge in [-0.15, -0.1) is 0 Å². The molecule has 4 rings (SSSR count). The van der Waals surface area contributed by atoms with Gasteiger partial charge in [0.1, 0.15) is 0 Å². The zero-order valence-corrected chi connectivity index (χ0v) is 18.2. The van der Waals surface area contributed by atoms with Gasteiger partial charge in [-0.3, -0.25) is 9.59 Å². The summed E-state index contributed by atoms with van der Waals surface area (Å²) in [6.45, 7) is 1.39. The van der Waals surface area contributed by atoms with Crippen molar-refractivity contribution in [1.29, 1.82) is 0 Å². The highest BCUT2D eigenvalue weighted by molar-refractivity contribution is 6.08. The Labute approximate surface area is 186 Å². The van der Waals surface area contributed by atoms with E-state index in [0.29, 0.717) is 35.8 Å². The topological polar surface area (TPSA) is 85.7 Å². The van der Waals surface area contributed by atoms with Gasteiger partial charge in [-0.05, 0) is 43.5 Å². The maximum absolute atomic E-state index is 13.3. The molecule has 3 aromatic rings. The summed E-state index contributed by atoms with van der Waals surface area (Å²) in [7, 11) is 3.03. The molecule has 0 unspecified atom stereocenters. The number of nitrogens with one attached hydrogen (secondary N) is 1. The average Bonchev–Trinajstić information content (AvgIpc) is 3.35. The number of piperidine rings is 1. The molecule has 166 valence electrons. The second-order valence-corrected chi connectivity index (χ2v) is 7.54. The molecule has 2 heterocycles. The van der Waals surface area contributed by atoms with Crippen LogP contribution in [-0.4, -0.2) is 53.8 Å². The number of para-hydroxylation sites is 1. The van der Waals surface area contributed by atoms with Crippen molar-refractivity contribution in [2.24, 2.45) is 0 Å². The number of hydrogen-bond acceptors (Lipinski definition) is 5. The van der Waals surface area contributed by atoms with Gasteiger partial charge in [0.05, 0.1) is 31.2 Å². The van der Waals surface area contributed by atoms with Crippen LogP contribution in [0.15, 0.2) is 54.7 Å². The van der Waals surface area contributed by atoms with E-state index in [-0.39, 0.29) is 11.6 Å². The Morgan fingerprint density at radius 3 is 2.31 bits per heavy atom. The van der Waals surface area contributed by atoms with Gasteiger partial charge in [0.2, 0.25) is 0 Å². The van der Waals surface area contributed by atoms with Crippen LogP contribution < -0.4 is 14.8 Å². The fourth-order valence-corrected chi connectivity index (χ4v) is 3.78. The number of nitrogens with zero attached hydrogens (tertiary/aromatic N) is 3. The Morgan fingerprint density at radius 1 is 0.938 bits per heavy atom. The van der Waals surface area contributed by atoms with Gasteiger partial charge in [0.15, 0.2) is 17.2 Å². The number of aromatic nitrogens is 2. The molecule has 1 saturated heterocycles. The molecule has 0 aliphatic carbocycles. The third-order valence-electron chi connectivity index (χ3n) is 5.49. The standard InChI is InChI=1S/C24H26N4O4/c1-31-21-15-18(24(30)27-12-7-4-8-13-27)20(16-22(21)32-2)25-23(29)19-11-14-28(26-19)17-9-5-3-6-10-17/h3,5-6,9-11,14-16H,4,7-8,12-13H2,1-2H3,(H,25,29). The van der Waals surface area contributed by atoms with Crippen LogP contribution in [0.2, 0.25) is 0 Å². The molecule has 0 saturated carbocycles. The Kier molecular flexibility index (Phi) is 6.39. The quantitative estimate of drug-likeness (QED) is 0.638. The van der Waals surface area contributed by atoms with Crippen molar-refractivity contribution in [2.75, 3.05) is 32.6 Å². The van der Waals surface area contributed by atoms with Crippen molar-refractivity contribution in [2.45, 2.75) is 19.3 Å². The van der Waals surface area contributed by atoms with Crippen LogP contribution in [0.3, 0.4) is 0 Å². The SMILES string of the molecule is COc1cc(NC(=O)c2ccn(-c3ccccc3)n2)c(C(=O)N2CCCCC2)cc1OC. The van der Waals surface area contributed by atoms with E-state index >= 15 is 0 Å². The second-order valence-electron chi connectivity index (χ2n) is 7.54. The summed E-state index contributed by atoms with van der Waals surface area (Å²) in [5.41, 5.74) is 1.80. The van der Waals surface area contributed by atoms with Crippen LogP contribution in [-0.2, 0) is 0 Å². The third-order valence-corrected chi connectivity index (χ3v) is 5.49. The number of likely N-dealkylation sites (tertiary alicyclic amines) is 1. The van der Waals surface area contributed by atoms with Gasteiger partial charge >= 0.3 is 0 Å². The minimum atomic E-state index is -0.417. The summed E-state index contributed by atoms with van der Waals surface area (Å²) in [6.07, 6.45) is 4.78. The molecule has 0 bridgehead atoms. The Balaban J connectivity index is 1.63. The minimum Gasteiger partial charge on any atom is -0.493 e. The first kappa shape index (κ1) is 21.4. The molecule has 0 spiro atoms. The number of rotatable bonds is 6. The van der Waals surface area contributed by atoms with E-state index in [1.807, 2.05) is 35.2 Å². The highest BCUT2D eigenvalue weighted by Gasteiger charge is 2.25. The van der Waals surface area contributed by atoms with Gasteiger partial charge in [0, 0.05) is 25.4 Å². The molecule has 8 nitrogen and oxygen atoms in total. The largest absolute Gasteiger partial charge is 0.493 e. The van der Waals surface area contributed by atoms with E-state index in [1.54, 1.807) is 29.1 Å². The molecule has 1 fully saturated rings. The monoisotopic (exact) mass is 434 g/mol. The zero-order valence-electron chi connectivity index (χ0n) is 18.2. The van der Waals surface area contributed by atoms with Gasteiger partial charge < -0.3 is 19.7 Å². The number of benzene rings is 2. The fourth-order valence-electron chi connectivity index (χ4n) is 3.78. The number of hydrogen-bond donors (Lipinski definition) is 1. The molecule has 32 heavy (non-hydrogen) atoms. The number of methoxy groups -OCH3 is 2. The summed E-state index contributed by atoms with van der Waals surface area (Å²) in [6, 6.07) is 14.4. The molecule has 8 heteroatoms. The lowest BCUT2D eigenvalue weighted by Crippen LogP contribution is -2.36. The number of carbonyl (C=O) groups is 2. The van der Waals surface area contributed by atoms with Crippen LogP contribution >= 0.6 is 0 Å². The van der Waals surface area contributed by atoms with E-state index in [0.717, 1.165) is 24.9 Å². The molecule has 1 aliphatic rings. The van der Waals surface area contributed by atoms with E-state index in [9.17, 15) is 9.59 Å². The van der Waals surface area contributed by atoms with Gasteiger partial charge in [-0.25, -0.2) is 4.68 Å². The first-order chi connectivity index (χ1) is 15.6. The van der Waals surface area contributed by atoms with Crippen molar-refractivity contribution in [3.8, 4) is 17.2 Å². The average molecular weight is 434 g/mol.